The fraction of sp³-hybridized carbons (Fsp3) is 0.400. The molecule has 0 spiro atoms. The zero-order valence-corrected chi connectivity index (χ0v) is 19.8. The van der Waals surface area contributed by atoms with Gasteiger partial charge in [-0.15, -0.1) is 0 Å². The summed E-state index contributed by atoms with van der Waals surface area (Å²) in [6, 6.07) is 16.0. The third kappa shape index (κ3) is 6.48. The zero-order valence-electron chi connectivity index (χ0n) is 19.8. The quantitative estimate of drug-likeness (QED) is 0.356. The first-order valence-electron chi connectivity index (χ1n) is 11.6. The van der Waals surface area contributed by atoms with Crippen molar-refractivity contribution in [2.45, 2.75) is 50.9 Å². The molecule has 1 aliphatic carbocycles. The Kier molecular flexibility index (Phi) is 7.98. The number of ether oxygens (including phenoxy) is 2. The lowest BCUT2D eigenvalue weighted by Crippen LogP contribution is -2.43. The van der Waals surface area contributed by atoms with Gasteiger partial charge in [-0.25, -0.2) is 0 Å². The van der Waals surface area contributed by atoms with Crippen LogP contribution >= 0.6 is 0 Å². The Labute approximate surface area is 200 Å². The Balaban J connectivity index is 1.48. The first kappa shape index (κ1) is 23.6. The van der Waals surface area contributed by atoms with Crippen LogP contribution in [0.4, 0.5) is 17.8 Å². The second-order valence-electron chi connectivity index (χ2n) is 8.41. The van der Waals surface area contributed by atoms with Crippen LogP contribution < -0.4 is 31.2 Å². The van der Waals surface area contributed by atoms with Crippen molar-refractivity contribution in [3.8, 4) is 11.5 Å². The number of nitrogens with two attached hydrogens (primary N) is 1. The molecule has 1 fully saturated rings. The SMILES string of the molecule is COc1ccc(CNc2nc(NCc3ccc(OC)cc3)nc(N[C@@H]3CCCC[C@@H]3N)n2)cc1. The number of hydrogen-bond donors (Lipinski definition) is 4. The number of hydrogen-bond acceptors (Lipinski definition) is 9. The van der Waals surface area contributed by atoms with Crippen LogP contribution in [0, 0.1) is 0 Å². The van der Waals surface area contributed by atoms with E-state index in [9.17, 15) is 0 Å². The van der Waals surface area contributed by atoms with Crippen molar-refractivity contribution >= 4 is 17.8 Å². The molecule has 0 radical (unpaired) electrons. The van der Waals surface area contributed by atoms with Gasteiger partial charge in [0.2, 0.25) is 17.8 Å². The molecule has 3 aromatic rings. The van der Waals surface area contributed by atoms with Gasteiger partial charge >= 0.3 is 0 Å². The lowest BCUT2D eigenvalue weighted by molar-refractivity contribution is 0.402. The van der Waals surface area contributed by atoms with E-state index in [2.05, 4.69) is 30.9 Å². The van der Waals surface area contributed by atoms with Gasteiger partial charge in [-0.2, -0.15) is 15.0 Å². The molecule has 34 heavy (non-hydrogen) atoms. The highest BCUT2D eigenvalue weighted by molar-refractivity contribution is 5.44. The number of nitrogens with zero attached hydrogens (tertiary/aromatic N) is 3. The molecule has 0 unspecified atom stereocenters. The molecule has 9 heteroatoms. The molecule has 1 aliphatic rings. The van der Waals surface area contributed by atoms with Crippen molar-refractivity contribution in [1.82, 2.24) is 15.0 Å². The fourth-order valence-electron chi connectivity index (χ4n) is 3.95. The molecule has 2 atom stereocenters. The smallest absolute Gasteiger partial charge is 0.229 e. The van der Waals surface area contributed by atoms with Gasteiger partial charge in [-0.3, -0.25) is 0 Å². The summed E-state index contributed by atoms with van der Waals surface area (Å²) in [6.07, 6.45) is 4.34. The van der Waals surface area contributed by atoms with Crippen LogP contribution in [-0.2, 0) is 13.1 Å². The summed E-state index contributed by atoms with van der Waals surface area (Å²) in [5.41, 5.74) is 8.52. The minimum atomic E-state index is 0.0944. The van der Waals surface area contributed by atoms with E-state index in [1.54, 1.807) is 14.2 Å². The maximum Gasteiger partial charge on any atom is 0.229 e. The Bertz CT molecular complexity index is 974. The maximum atomic E-state index is 6.33. The van der Waals surface area contributed by atoms with Crippen molar-refractivity contribution in [3.05, 3.63) is 59.7 Å². The van der Waals surface area contributed by atoms with Gasteiger partial charge in [0.25, 0.3) is 0 Å². The van der Waals surface area contributed by atoms with Crippen LogP contribution in [0.5, 0.6) is 11.5 Å². The summed E-state index contributed by atoms with van der Waals surface area (Å²) in [4.78, 5) is 13.8. The summed E-state index contributed by atoms with van der Waals surface area (Å²) in [5, 5.41) is 10.1. The molecular weight excluding hydrogens is 430 g/mol. The second-order valence-corrected chi connectivity index (χ2v) is 8.41. The number of aromatic nitrogens is 3. The first-order chi connectivity index (χ1) is 16.6. The van der Waals surface area contributed by atoms with E-state index in [1.807, 2.05) is 48.5 Å². The monoisotopic (exact) mass is 463 g/mol. The minimum absolute atomic E-state index is 0.0944. The number of rotatable bonds is 10. The van der Waals surface area contributed by atoms with Crippen molar-refractivity contribution in [1.29, 1.82) is 0 Å². The highest BCUT2D eigenvalue weighted by atomic mass is 16.5. The molecule has 180 valence electrons. The average Bonchev–Trinajstić information content (AvgIpc) is 2.88. The predicted octanol–water partition coefficient (Wildman–Crippen LogP) is 3.79. The first-order valence-corrected chi connectivity index (χ1v) is 11.6. The topological polar surface area (TPSA) is 119 Å². The van der Waals surface area contributed by atoms with Gasteiger partial charge in [0.05, 0.1) is 14.2 Å². The van der Waals surface area contributed by atoms with Crippen LogP contribution in [0.1, 0.15) is 36.8 Å². The van der Waals surface area contributed by atoms with Crippen molar-refractivity contribution < 1.29 is 9.47 Å². The standard InChI is InChI=1S/C25H33N7O2/c1-33-19-11-7-17(8-12-19)15-27-23-30-24(28-16-18-9-13-20(34-2)14-10-18)32-25(31-23)29-22-6-4-3-5-21(22)26/h7-14,21-22H,3-6,15-16,26H2,1-2H3,(H3,27,28,29,30,31,32)/t21-,22+/m0/s1. The lowest BCUT2D eigenvalue weighted by atomic mass is 9.91. The summed E-state index contributed by atoms with van der Waals surface area (Å²) < 4.78 is 10.5. The number of methoxy groups -OCH3 is 2. The minimum Gasteiger partial charge on any atom is -0.497 e. The van der Waals surface area contributed by atoms with Crippen LogP contribution in [0.15, 0.2) is 48.5 Å². The molecule has 4 rings (SSSR count). The maximum absolute atomic E-state index is 6.33. The largest absolute Gasteiger partial charge is 0.497 e. The third-order valence-electron chi connectivity index (χ3n) is 5.99. The Morgan fingerprint density at radius 3 is 1.68 bits per heavy atom. The van der Waals surface area contributed by atoms with Crippen LogP contribution in [0.2, 0.25) is 0 Å². The van der Waals surface area contributed by atoms with Gasteiger partial charge in [0.1, 0.15) is 11.5 Å². The van der Waals surface area contributed by atoms with E-state index >= 15 is 0 Å². The molecule has 1 aromatic heterocycles. The van der Waals surface area contributed by atoms with E-state index in [0.717, 1.165) is 41.9 Å². The Morgan fingerprint density at radius 1 is 0.735 bits per heavy atom. The van der Waals surface area contributed by atoms with Gasteiger partial charge in [0.15, 0.2) is 0 Å². The van der Waals surface area contributed by atoms with Crippen LogP contribution in [0.3, 0.4) is 0 Å². The molecule has 9 nitrogen and oxygen atoms in total. The zero-order chi connectivity index (χ0) is 23.8. The summed E-state index contributed by atoms with van der Waals surface area (Å²) >= 11 is 0. The van der Waals surface area contributed by atoms with Gasteiger partial charge in [-0.1, -0.05) is 37.1 Å². The number of nitrogens with one attached hydrogen (secondary N) is 3. The highest BCUT2D eigenvalue weighted by Gasteiger charge is 2.22. The third-order valence-corrected chi connectivity index (χ3v) is 5.99. The van der Waals surface area contributed by atoms with Gasteiger partial charge < -0.3 is 31.2 Å². The molecule has 0 amide bonds. The number of anilines is 3. The molecule has 1 heterocycles. The van der Waals surface area contributed by atoms with E-state index < -0.39 is 0 Å². The van der Waals surface area contributed by atoms with Crippen molar-refractivity contribution in [2.24, 2.45) is 5.73 Å². The van der Waals surface area contributed by atoms with E-state index in [4.69, 9.17) is 15.2 Å². The van der Waals surface area contributed by atoms with E-state index in [-0.39, 0.29) is 12.1 Å². The van der Waals surface area contributed by atoms with Gasteiger partial charge in [-0.05, 0) is 48.2 Å². The Hall–Kier alpha value is -3.59. The summed E-state index contributed by atoms with van der Waals surface area (Å²) in [7, 11) is 3.32. The highest BCUT2D eigenvalue weighted by Crippen LogP contribution is 2.21. The molecule has 1 saturated carbocycles. The molecule has 0 bridgehead atoms. The molecule has 0 aliphatic heterocycles. The normalized spacial score (nSPS) is 17.6. The van der Waals surface area contributed by atoms with Crippen LogP contribution in [0.25, 0.3) is 0 Å². The van der Waals surface area contributed by atoms with E-state index in [1.165, 1.54) is 6.42 Å². The molecule has 0 saturated heterocycles. The second kappa shape index (κ2) is 11.5. The van der Waals surface area contributed by atoms with Crippen molar-refractivity contribution in [3.63, 3.8) is 0 Å². The Morgan fingerprint density at radius 2 is 1.21 bits per heavy atom. The average molecular weight is 464 g/mol. The van der Waals surface area contributed by atoms with Crippen molar-refractivity contribution in [2.75, 3.05) is 30.2 Å². The summed E-state index contributed by atoms with van der Waals surface area (Å²) in [6.45, 7) is 1.16. The van der Waals surface area contributed by atoms with Crippen LogP contribution in [-0.4, -0.2) is 41.3 Å². The molecule has 2 aromatic carbocycles. The summed E-state index contributed by atoms with van der Waals surface area (Å²) in [5.74, 6) is 3.16. The lowest BCUT2D eigenvalue weighted by Gasteiger charge is -2.29. The number of benzene rings is 2. The molecular formula is C25H33N7O2. The molecule has 5 N–H and O–H groups in total. The fourth-order valence-corrected chi connectivity index (χ4v) is 3.95. The van der Waals surface area contributed by atoms with Gasteiger partial charge in [0, 0.05) is 25.2 Å². The van der Waals surface area contributed by atoms with E-state index in [0.29, 0.717) is 30.9 Å². The predicted molar refractivity (Wildman–Crippen MR) is 134 cm³/mol.